The predicted octanol–water partition coefficient (Wildman–Crippen LogP) is 3.74. The van der Waals surface area contributed by atoms with Crippen LogP contribution >= 0.6 is 24.8 Å². The van der Waals surface area contributed by atoms with Crippen LogP contribution in [-0.4, -0.2) is 67.1 Å². The molecule has 2 aromatic rings. The maximum Gasteiger partial charge on any atom is 0.231 e. The molecule has 2 aromatic carbocycles. The molecule has 178 valence electrons. The minimum atomic E-state index is -0.495. The Kier molecular flexibility index (Phi) is 9.92. The van der Waals surface area contributed by atoms with Crippen LogP contribution in [0.2, 0.25) is 0 Å². The van der Waals surface area contributed by atoms with Crippen molar-refractivity contribution in [1.29, 1.82) is 0 Å². The summed E-state index contributed by atoms with van der Waals surface area (Å²) in [6.07, 6.45) is -0.495. The number of fused-ring (bicyclic) bond motifs is 1. The Labute approximate surface area is 203 Å². The molecule has 1 saturated heterocycles. The fourth-order valence-electron chi connectivity index (χ4n) is 4.35. The molecule has 8 heteroatoms. The monoisotopic (exact) mass is 484 g/mol. The third-order valence-corrected chi connectivity index (χ3v) is 5.80. The van der Waals surface area contributed by atoms with Crippen LogP contribution in [0, 0.1) is 20.8 Å². The molecule has 4 rings (SSSR count). The Morgan fingerprint density at radius 2 is 1.53 bits per heavy atom. The molecule has 6 nitrogen and oxygen atoms in total. The Balaban J connectivity index is 0.00000181. The SMILES string of the molecule is Cc1cc(C)c(OCC(O)CN2CCN(Cc3ccc4c(c3)OCO4)CC2)c(C)c1.Cl.Cl. The molecule has 1 fully saturated rings. The number of aryl methyl sites for hydroxylation is 3. The molecule has 0 aliphatic carbocycles. The number of hydrogen-bond acceptors (Lipinski definition) is 6. The first-order valence-corrected chi connectivity index (χ1v) is 10.7. The number of halogens is 2. The van der Waals surface area contributed by atoms with E-state index >= 15 is 0 Å². The molecule has 32 heavy (non-hydrogen) atoms. The summed E-state index contributed by atoms with van der Waals surface area (Å²) in [6, 6.07) is 10.4. The number of aliphatic hydroxyl groups excluding tert-OH is 1. The van der Waals surface area contributed by atoms with Gasteiger partial charge in [0.2, 0.25) is 6.79 Å². The van der Waals surface area contributed by atoms with Gasteiger partial charge in [0.15, 0.2) is 11.5 Å². The second kappa shape index (κ2) is 12.0. The zero-order valence-corrected chi connectivity index (χ0v) is 20.6. The van der Waals surface area contributed by atoms with E-state index in [-0.39, 0.29) is 24.8 Å². The molecule has 0 bridgehead atoms. The lowest BCUT2D eigenvalue weighted by Gasteiger charge is -2.35. The lowest BCUT2D eigenvalue weighted by atomic mass is 10.1. The van der Waals surface area contributed by atoms with E-state index in [1.54, 1.807) is 0 Å². The van der Waals surface area contributed by atoms with E-state index in [0.717, 1.165) is 61.1 Å². The van der Waals surface area contributed by atoms with Crippen LogP contribution in [0.15, 0.2) is 30.3 Å². The maximum atomic E-state index is 10.5. The molecule has 1 atom stereocenters. The van der Waals surface area contributed by atoms with Gasteiger partial charge in [-0.25, -0.2) is 0 Å². The summed E-state index contributed by atoms with van der Waals surface area (Å²) in [4.78, 5) is 4.76. The van der Waals surface area contributed by atoms with Crippen molar-refractivity contribution in [3.8, 4) is 17.2 Å². The average Bonchev–Trinajstić information content (AvgIpc) is 3.16. The van der Waals surface area contributed by atoms with Gasteiger partial charge in [-0.05, 0) is 49.6 Å². The van der Waals surface area contributed by atoms with Crippen LogP contribution in [0.5, 0.6) is 17.2 Å². The van der Waals surface area contributed by atoms with Gasteiger partial charge in [-0.2, -0.15) is 0 Å². The highest BCUT2D eigenvalue weighted by Crippen LogP contribution is 2.33. The molecular formula is C24H34Cl2N2O4. The van der Waals surface area contributed by atoms with E-state index in [9.17, 15) is 5.11 Å². The molecule has 0 spiro atoms. The number of rotatable bonds is 7. The van der Waals surface area contributed by atoms with Crippen molar-refractivity contribution in [2.75, 3.05) is 46.1 Å². The third-order valence-electron chi connectivity index (χ3n) is 5.80. The first-order chi connectivity index (χ1) is 14.5. The second-order valence-electron chi connectivity index (χ2n) is 8.46. The molecule has 2 aliphatic heterocycles. The Morgan fingerprint density at radius 1 is 0.906 bits per heavy atom. The van der Waals surface area contributed by atoms with Crippen molar-refractivity contribution < 1.29 is 19.3 Å². The largest absolute Gasteiger partial charge is 0.490 e. The van der Waals surface area contributed by atoms with E-state index < -0.39 is 6.10 Å². The van der Waals surface area contributed by atoms with Crippen molar-refractivity contribution in [3.63, 3.8) is 0 Å². The van der Waals surface area contributed by atoms with Crippen LogP contribution in [0.1, 0.15) is 22.3 Å². The second-order valence-corrected chi connectivity index (χ2v) is 8.46. The molecule has 0 radical (unpaired) electrons. The number of benzene rings is 2. The number of nitrogens with zero attached hydrogens (tertiary/aromatic N) is 2. The fourth-order valence-corrected chi connectivity index (χ4v) is 4.35. The smallest absolute Gasteiger partial charge is 0.231 e. The van der Waals surface area contributed by atoms with Crippen molar-refractivity contribution >= 4 is 24.8 Å². The Morgan fingerprint density at radius 3 is 2.22 bits per heavy atom. The quantitative estimate of drug-likeness (QED) is 0.645. The van der Waals surface area contributed by atoms with Crippen molar-refractivity contribution in [2.24, 2.45) is 0 Å². The molecular weight excluding hydrogens is 451 g/mol. The summed E-state index contributed by atoms with van der Waals surface area (Å²) in [7, 11) is 0. The summed E-state index contributed by atoms with van der Waals surface area (Å²) in [5, 5.41) is 10.5. The molecule has 2 heterocycles. The van der Waals surface area contributed by atoms with Gasteiger partial charge >= 0.3 is 0 Å². The van der Waals surface area contributed by atoms with Crippen LogP contribution in [0.4, 0.5) is 0 Å². The highest BCUT2D eigenvalue weighted by molar-refractivity contribution is 5.85. The zero-order chi connectivity index (χ0) is 21.1. The van der Waals surface area contributed by atoms with E-state index in [0.29, 0.717) is 19.9 Å². The van der Waals surface area contributed by atoms with Crippen LogP contribution in [0.3, 0.4) is 0 Å². The standard InChI is InChI=1S/C24H32N2O4.2ClH/c1-17-10-18(2)24(19(3)11-17)28-15-21(27)14-26-8-6-25(7-9-26)13-20-4-5-22-23(12-20)30-16-29-22;;/h4-5,10-12,21,27H,6-9,13-16H2,1-3H3;2*1H. The molecule has 2 aliphatic rings. The number of β-amino-alcohol motifs (C(OH)–C–C–N with tert-alkyl or cyclic N) is 1. The zero-order valence-electron chi connectivity index (χ0n) is 19.0. The first-order valence-electron chi connectivity index (χ1n) is 10.7. The van der Waals surface area contributed by atoms with Crippen molar-refractivity contribution in [3.05, 3.63) is 52.6 Å². The van der Waals surface area contributed by atoms with Gasteiger partial charge in [0.25, 0.3) is 0 Å². The normalized spacial score (nSPS) is 16.8. The Bertz CT molecular complexity index is 865. The van der Waals surface area contributed by atoms with Crippen LogP contribution < -0.4 is 14.2 Å². The molecule has 0 saturated carbocycles. The summed E-state index contributed by atoms with van der Waals surface area (Å²) >= 11 is 0. The van der Waals surface area contributed by atoms with Crippen LogP contribution in [0.25, 0.3) is 0 Å². The lowest BCUT2D eigenvalue weighted by molar-refractivity contribution is 0.0443. The number of ether oxygens (including phenoxy) is 3. The lowest BCUT2D eigenvalue weighted by Crippen LogP contribution is -2.48. The average molecular weight is 485 g/mol. The summed E-state index contributed by atoms with van der Waals surface area (Å²) in [5.41, 5.74) is 4.72. The van der Waals surface area contributed by atoms with Crippen LogP contribution in [-0.2, 0) is 6.54 Å². The Hall–Kier alpha value is -1.70. The molecule has 1 unspecified atom stereocenters. The fraction of sp³-hybridized carbons (Fsp3) is 0.500. The molecule has 0 aromatic heterocycles. The topological polar surface area (TPSA) is 54.4 Å². The maximum absolute atomic E-state index is 10.5. The number of piperazine rings is 1. The van der Waals surface area contributed by atoms with Crippen molar-refractivity contribution in [1.82, 2.24) is 9.80 Å². The highest BCUT2D eigenvalue weighted by Gasteiger charge is 2.21. The third kappa shape index (κ3) is 6.65. The first kappa shape index (κ1) is 26.6. The summed E-state index contributed by atoms with van der Waals surface area (Å²) in [5.74, 6) is 2.57. The van der Waals surface area contributed by atoms with Gasteiger partial charge in [0, 0.05) is 39.3 Å². The number of hydrogen-bond donors (Lipinski definition) is 1. The predicted molar refractivity (Wildman–Crippen MR) is 131 cm³/mol. The summed E-state index contributed by atoms with van der Waals surface area (Å²) in [6.45, 7) is 12.2. The van der Waals surface area contributed by atoms with E-state index in [2.05, 4.69) is 54.8 Å². The van der Waals surface area contributed by atoms with Gasteiger partial charge in [-0.15, -0.1) is 24.8 Å². The van der Waals surface area contributed by atoms with Gasteiger partial charge in [0.05, 0.1) is 0 Å². The molecule has 1 N–H and O–H groups in total. The van der Waals surface area contributed by atoms with E-state index in [1.807, 2.05) is 6.07 Å². The minimum Gasteiger partial charge on any atom is -0.490 e. The summed E-state index contributed by atoms with van der Waals surface area (Å²) < 4.78 is 16.8. The van der Waals surface area contributed by atoms with Gasteiger partial charge in [-0.3, -0.25) is 9.80 Å². The molecule has 0 amide bonds. The van der Waals surface area contributed by atoms with Crippen molar-refractivity contribution in [2.45, 2.75) is 33.4 Å². The van der Waals surface area contributed by atoms with Gasteiger partial charge < -0.3 is 19.3 Å². The number of aliphatic hydroxyl groups is 1. The van der Waals surface area contributed by atoms with Gasteiger partial charge in [0.1, 0.15) is 18.5 Å². The van der Waals surface area contributed by atoms with E-state index in [1.165, 1.54) is 11.1 Å². The minimum absolute atomic E-state index is 0. The van der Waals surface area contributed by atoms with E-state index in [4.69, 9.17) is 14.2 Å². The van der Waals surface area contributed by atoms with Gasteiger partial charge in [-0.1, -0.05) is 23.8 Å². The highest BCUT2D eigenvalue weighted by atomic mass is 35.5.